The molecular weight excluding hydrogens is 293 g/mol. The van der Waals surface area contributed by atoms with Crippen LogP contribution in [0.25, 0.3) is 0 Å². The minimum atomic E-state index is -3.37. The minimum Gasteiger partial charge on any atom is -0.387 e. The first-order valence-electron chi connectivity index (χ1n) is 5.54. The van der Waals surface area contributed by atoms with Gasteiger partial charge in [-0.25, -0.2) is 12.8 Å². The van der Waals surface area contributed by atoms with E-state index in [0.29, 0.717) is 0 Å². The summed E-state index contributed by atoms with van der Waals surface area (Å²) in [7, 11) is -3.37. The van der Waals surface area contributed by atoms with E-state index in [9.17, 15) is 23.2 Å². The first-order valence-corrected chi connectivity index (χ1v) is 7.74. The number of sulfone groups is 1. The Balaban J connectivity index is 2.43. The monoisotopic (exact) mass is 303 g/mol. The molecule has 1 N–H and O–H groups in total. The van der Waals surface area contributed by atoms with E-state index in [1.807, 2.05) is 6.07 Å². The van der Waals surface area contributed by atoms with Crippen molar-refractivity contribution in [2.75, 3.05) is 11.5 Å². The number of nitrogens with zero attached hydrogens (tertiary/aromatic N) is 1. The molecule has 0 aliphatic carbocycles. The van der Waals surface area contributed by atoms with Gasteiger partial charge in [0.05, 0.1) is 17.6 Å². The first kappa shape index (κ1) is 14.3. The highest BCUT2D eigenvalue weighted by molar-refractivity contribution is 7.91. The number of aliphatic hydroxyl groups excluding tert-OH is 1. The Morgan fingerprint density at radius 3 is 2.68 bits per heavy atom. The maximum Gasteiger partial charge on any atom is 0.152 e. The summed E-state index contributed by atoms with van der Waals surface area (Å²) >= 11 is 5.61. The topological polar surface area (TPSA) is 78.2 Å². The van der Waals surface area contributed by atoms with E-state index in [1.165, 1.54) is 12.1 Å². The van der Waals surface area contributed by atoms with Gasteiger partial charge in [-0.05, 0) is 18.6 Å². The summed E-state index contributed by atoms with van der Waals surface area (Å²) in [6, 6.07) is 5.52. The normalized spacial score (nSPS) is 26.8. The summed E-state index contributed by atoms with van der Waals surface area (Å²) in [6.07, 6.45) is -1.50. The van der Waals surface area contributed by atoms with Crippen molar-refractivity contribution in [3.8, 4) is 6.07 Å². The van der Waals surface area contributed by atoms with Crippen molar-refractivity contribution in [3.63, 3.8) is 0 Å². The third kappa shape index (κ3) is 2.59. The van der Waals surface area contributed by atoms with Crippen molar-refractivity contribution < 1.29 is 17.9 Å². The molecule has 102 valence electrons. The van der Waals surface area contributed by atoms with Crippen LogP contribution in [0, 0.1) is 22.6 Å². The van der Waals surface area contributed by atoms with Gasteiger partial charge >= 0.3 is 0 Å². The Morgan fingerprint density at radius 2 is 2.21 bits per heavy atom. The van der Waals surface area contributed by atoms with Crippen LogP contribution in [0.4, 0.5) is 4.39 Å². The third-order valence-electron chi connectivity index (χ3n) is 3.34. The summed E-state index contributed by atoms with van der Waals surface area (Å²) < 4.78 is 36.8. The summed E-state index contributed by atoms with van der Waals surface area (Å²) in [5.41, 5.74) is -1.60. The molecule has 0 aromatic heterocycles. The largest absolute Gasteiger partial charge is 0.387 e. The van der Waals surface area contributed by atoms with E-state index >= 15 is 0 Å². The Hall–Kier alpha value is -1.16. The second-order valence-electron chi connectivity index (χ2n) is 4.68. The van der Waals surface area contributed by atoms with Crippen LogP contribution in [0.15, 0.2) is 18.2 Å². The second kappa shape index (κ2) is 4.75. The van der Waals surface area contributed by atoms with Gasteiger partial charge in [0.1, 0.15) is 17.3 Å². The molecule has 2 unspecified atom stereocenters. The van der Waals surface area contributed by atoms with Gasteiger partial charge in [0, 0.05) is 10.6 Å². The van der Waals surface area contributed by atoms with Gasteiger partial charge in [0.2, 0.25) is 0 Å². The van der Waals surface area contributed by atoms with Crippen molar-refractivity contribution in [2.45, 2.75) is 12.5 Å². The van der Waals surface area contributed by atoms with Crippen molar-refractivity contribution in [1.29, 1.82) is 5.26 Å². The molecule has 1 aliphatic heterocycles. The number of benzene rings is 1. The number of halogens is 2. The Morgan fingerprint density at radius 1 is 1.53 bits per heavy atom. The van der Waals surface area contributed by atoms with Gasteiger partial charge in [-0.1, -0.05) is 17.7 Å². The molecule has 0 bridgehead atoms. The average molecular weight is 304 g/mol. The van der Waals surface area contributed by atoms with E-state index in [0.717, 1.165) is 6.07 Å². The predicted molar refractivity (Wildman–Crippen MR) is 67.7 cm³/mol. The second-order valence-corrected chi connectivity index (χ2v) is 7.30. The van der Waals surface area contributed by atoms with Crippen LogP contribution in [0.3, 0.4) is 0 Å². The summed E-state index contributed by atoms with van der Waals surface area (Å²) in [4.78, 5) is 0. The SMILES string of the molecule is N#CC1(C(O)c2ccc(Cl)cc2F)CCS(=O)(=O)C1. The lowest BCUT2D eigenvalue weighted by atomic mass is 9.80. The molecule has 1 aromatic carbocycles. The molecule has 0 spiro atoms. The van der Waals surface area contributed by atoms with E-state index in [4.69, 9.17) is 11.6 Å². The zero-order valence-electron chi connectivity index (χ0n) is 9.81. The Kier molecular flexibility index (Phi) is 3.56. The Bertz CT molecular complexity index is 655. The van der Waals surface area contributed by atoms with Crippen LogP contribution in [0.1, 0.15) is 18.1 Å². The van der Waals surface area contributed by atoms with Crippen LogP contribution in [-0.2, 0) is 9.84 Å². The van der Waals surface area contributed by atoms with E-state index < -0.39 is 32.9 Å². The van der Waals surface area contributed by atoms with Crippen molar-refractivity contribution in [2.24, 2.45) is 5.41 Å². The molecule has 0 saturated carbocycles. The zero-order valence-corrected chi connectivity index (χ0v) is 11.4. The highest BCUT2D eigenvalue weighted by atomic mass is 35.5. The highest BCUT2D eigenvalue weighted by Gasteiger charge is 2.49. The molecule has 19 heavy (non-hydrogen) atoms. The number of nitriles is 1. The third-order valence-corrected chi connectivity index (χ3v) is 5.36. The van der Waals surface area contributed by atoms with Crippen LogP contribution >= 0.6 is 11.6 Å². The van der Waals surface area contributed by atoms with Gasteiger partial charge in [-0.2, -0.15) is 5.26 Å². The molecule has 1 heterocycles. The van der Waals surface area contributed by atoms with Crippen molar-refractivity contribution in [3.05, 3.63) is 34.6 Å². The highest BCUT2D eigenvalue weighted by Crippen LogP contribution is 2.43. The molecule has 1 aromatic rings. The smallest absolute Gasteiger partial charge is 0.152 e. The fourth-order valence-corrected chi connectivity index (χ4v) is 4.39. The van der Waals surface area contributed by atoms with E-state index in [1.54, 1.807) is 0 Å². The maximum absolute atomic E-state index is 13.7. The van der Waals surface area contributed by atoms with Crippen LogP contribution < -0.4 is 0 Å². The minimum absolute atomic E-state index is 0.00489. The molecule has 4 nitrogen and oxygen atoms in total. The van der Waals surface area contributed by atoms with Gasteiger partial charge in [-0.15, -0.1) is 0 Å². The van der Waals surface area contributed by atoms with Gasteiger partial charge in [0.15, 0.2) is 9.84 Å². The van der Waals surface area contributed by atoms with Crippen LogP contribution in [0.2, 0.25) is 5.02 Å². The zero-order chi connectivity index (χ0) is 14.3. The lowest BCUT2D eigenvalue weighted by Gasteiger charge is -2.26. The number of hydrogen-bond acceptors (Lipinski definition) is 4. The average Bonchev–Trinajstić information content (AvgIpc) is 2.65. The molecule has 0 amide bonds. The number of aliphatic hydroxyl groups is 1. The molecule has 1 saturated heterocycles. The lowest BCUT2D eigenvalue weighted by Crippen LogP contribution is -2.29. The van der Waals surface area contributed by atoms with Gasteiger partial charge in [0.25, 0.3) is 0 Å². The quantitative estimate of drug-likeness (QED) is 0.904. The summed E-state index contributed by atoms with van der Waals surface area (Å²) in [5, 5.41) is 19.6. The molecule has 2 atom stereocenters. The summed E-state index contributed by atoms with van der Waals surface area (Å²) in [6.45, 7) is 0. The molecular formula is C12H11ClFNO3S. The lowest BCUT2D eigenvalue weighted by molar-refractivity contribution is 0.0759. The van der Waals surface area contributed by atoms with Gasteiger partial charge in [-0.3, -0.25) is 0 Å². The molecule has 2 rings (SSSR count). The van der Waals surface area contributed by atoms with Crippen LogP contribution in [0.5, 0.6) is 0 Å². The molecule has 0 radical (unpaired) electrons. The maximum atomic E-state index is 13.7. The van der Waals surface area contributed by atoms with E-state index in [-0.39, 0.29) is 22.8 Å². The molecule has 1 aliphatic rings. The fourth-order valence-electron chi connectivity index (χ4n) is 2.26. The first-order chi connectivity index (χ1) is 8.80. The standard InChI is InChI=1S/C12H11ClFNO3S/c13-8-1-2-9(10(14)5-8)11(16)12(6-15)3-4-19(17,18)7-12/h1-2,5,11,16H,3-4,7H2. The Labute approximate surface area is 115 Å². The van der Waals surface area contributed by atoms with Crippen LogP contribution in [-0.4, -0.2) is 25.0 Å². The molecule has 1 fully saturated rings. The van der Waals surface area contributed by atoms with Crippen molar-refractivity contribution >= 4 is 21.4 Å². The van der Waals surface area contributed by atoms with Gasteiger partial charge < -0.3 is 5.11 Å². The number of hydrogen-bond donors (Lipinski definition) is 1. The fraction of sp³-hybridized carbons (Fsp3) is 0.417. The number of rotatable bonds is 2. The molecule has 7 heteroatoms. The summed E-state index contributed by atoms with van der Waals surface area (Å²) in [5.74, 6) is -1.38. The van der Waals surface area contributed by atoms with E-state index in [2.05, 4.69) is 0 Å². The van der Waals surface area contributed by atoms with Crippen molar-refractivity contribution in [1.82, 2.24) is 0 Å². The predicted octanol–water partition coefficient (Wildman–Crippen LogP) is 1.84.